The molecule has 1 aliphatic heterocycles. The van der Waals surface area contributed by atoms with E-state index in [4.69, 9.17) is 4.98 Å². The van der Waals surface area contributed by atoms with Crippen molar-refractivity contribution < 1.29 is 5.11 Å². The highest BCUT2D eigenvalue weighted by atomic mass is 16.3. The number of nitriles is 1. The number of hydrogen-bond acceptors (Lipinski definition) is 8. The van der Waals surface area contributed by atoms with Gasteiger partial charge in [-0.3, -0.25) is 4.57 Å². The molecule has 0 bridgehead atoms. The van der Waals surface area contributed by atoms with Gasteiger partial charge in [-0.05, 0) is 69.7 Å². The summed E-state index contributed by atoms with van der Waals surface area (Å²) in [5.41, 5.74) is 4.20. The molecule has 34 heavy (non-hydrogen) atoms. The SMILES string of the molecule is Cc1ccc(Nc2ccc3c(c2)ncn3-c2ccc(C(C)O)c(N3CC(C#N)CC3C)n2)nn1. The molecule has 9 heteroatoms. The first-order chi connectivity index (χ1) is 16.4. The topological polar surface area (TPSA) is 116 Å². The lowest BCUT2D eigenvalue weighted by molar-refractivity contribution is 0.199. The number of aryl methyl sites for hydroxylation is 1. The van der Waals surface area contributed by atoms with Gasteiger partial charge >= 0.3 is 0 Å². The summed E-state index contributed by atoms with van der Waals surface area (Å²) in [5.74, 6) is 2.05. The fourth-order valence-electron chi connectivity index (χ4n) is 4.45. The maximum absolute atomic E-state index is 10.4. The summed E-state index contributed by atoms with van der Waals surface area (Å²) >= 11 is 0. The van der Waals surface area contributed by atoms with Crippen LogP contribution in [0.25, 0.3) is 16.9 Å². The van der Waals surface area contributed by atoms with Crippen LogP contribution in [0.4, 0.5) is 17.3 Å². The molecule has 3 unspecified atom stereocenters. The molecular weight excluding hydrogens is 428 g/mol. The Morgan fingerprint density at radius 1 is 1.18 bits per heavy atom. The van der Waals surface area contributed by atoms with E-state index in [-0.39, 0.29) is 12.0 Å². The predicted octanol–water partition coefficient (Wildman–Crippen LogP) is 4.05. The Hall–Kier alpha value is -4.03. The molecule has 0 amide bonds. The minimum atomic E-state index is -0.664. The van der Waals surface area contributed by atoms with Crippen LogP contribution in [-0.2, 0) is 0 Å². The van der Waals surface area contributed by atoms with Crippen LogP contribution in [0.3, 0.4) is 0 Å². The molecule has 0 aliphatic carbocycles. The Balaban J connectivity index is 1.49. The molecule has 0 saturated carbocycles. The molecule has 2 N–H and O–H groups in total. The van der Waals surface area contributed by atoms with Gasteiger partial charge in [-0.1, -0.05) is 0 Å². The van der Waals surface area contributed by atoms with Crippen molar-refractivity contribution in [3.63, 3.8) is 0 Å². The second-order valence-electron chi connectivity index (χ2n) is 8.82. The number of hydrogen-bond donors (Lipinski definition) is 2. The van der Waals surface area contributed by atoms with Crippen LogP contribution in [0.15, 0.2) is 48.8 Å². The van der Waals surface area contributed by atoms with Gasteiger partial charge in [0.15, 0.2) is 5.82 Å². The lowest BCUT2D eigenvalue weighted by Crippen LogP contribution is -2.29. The number of nitrogens with zero attached hydrogens (tertiary/aromatic N) is 7. The van der Waals surface area contributed by atoms with E-state index >= 15 is 0 Å². The molecular formula is C25H26N8O. The molecule has 5 rings (SSSR count). The van der Waals surface area contributed by atoms with Crippen molar-refractivity contribution in [3.8, 4) is 11.9 Å². The molecule has 1 aromatic carbocycles. The zero-order valence-corrected chi connectivity index (χ0v) is 19.3. The summed E-state index contributed by atoms with van der Waals surface area (Å²) in [6, 6.07) is 16.0. The van der Waals surface area contributed by atoms with E-state index in [2.05, 4.69) is 38.4 Å². The number of rotatable bonds is 5. The number of nitrogens with one attached hydrogen (secondary N) is 1. The Bertz CT molecular complexity index is 1370. The Morgan fingerprint density at radius 3 is 2.74 bits per heavy atom. The van der Waals surface area contributed by atoms with Crippen molar-refractivity contribution in [1.82, 2.24) is 24.7 Å². The summed E-state index contributed by atoms with van der Waals surface area (Å²) in [6.45, 7) is 6.34. The average molecular weight is 455 g/mol. The van der Waals surface area contributed by atoms with Crippen molar-refractivity contribution in [3.05, 3.63) is 60.0 Å². The van der Waals surface area contributed by atoms with Gasteiger partial charge in [-0.15, -0.1) is 5.10 Å². The molecule has 9 nitrogen and oxygen atoms in total. The van der Waals surface area contributed by atoms with Gasteiger partial charge in [0.05, 0.1) is 34.8 Å². The summed E-state index contributed by atoms with van der Waals surface area (Å²) in [7, 11) is 0. The number of imidazole rings is 1. The van der Waals surface area contributed by atoms with Crippen molar-refractivity contribution >= 4 is 28.4 Å². The van der Waals surface area contributed by atoms with Crippen molar-refractivity contribution in [2.75, 3.05) is 16.8 Å². The van der Waals surface area contributed by atoms with E-state index in [0.717, 1.165) is 40.2 Å². The largest absolute Gasteiger partial charge is 0.389 e. The standard InChI is InChI=1S/C25H26N8O/c1-15-4-8-23(31-30-15)28-19-5-7-22-21(11-19)27-14-33(22)24-9-6-20(17(3)34)25(29-24)32-13-18(12-26)10-16(32)2/h4-9,11,14,16-18,34H,10,13H2,1-3H3,(H,28,31). The first kappa shape index (κ1) is 21.8. The molecule has 172 valence electrons. The second kappa shape index (κ2) is 8.72. The van der Waals surface area contributed by atoms with E-state index < -0.39 is 6.10 Å². The summed E-state index contributed by atoms with van der Waals surface area (Å²) in [4.78, 5) is 11.6. The highest BCUT2D eigenvalue weighted by Gasteiger charge is 2.32. The normalized spacial score (nSPS) is 18.7. The van der Waals surface area contributed by atoms with Gasteiger partial charge in [0, 0.05) is 23.8 Å². The van der Waals surface area contributed by atoms with Gasteiger partial charge in [-0.25, -0.2) is 9.97 Å². The highest BCUT2D eigenvalue weighted by Crippen LogP contribution is 2.34. The smallest absolute Gasteiger partial charge is 0.153 e. The van der Waals surface area contributed by atoms with E-state index in [1.54, 1.807) is 13.3 Å². The van der Waals surface area contributed by atoms with Crippen molar-refractivity contribution in [2.24, 2.45) is 5.92 Å². The lowest BCUT2D eigenvalue weighted by Gasteiger charge is -2.26. The molecule has 3 aromatic heterocycles. The van der Waals surface area contributed by atoms with Crippen LogP contribution < -0.4 is 10.2 Å². The average Bonchev–Trinajstić information content (AvgIpc) is 3.43. The van der Waals surface area contributed by atoms with E-state index in [9.17, 15) is 10.4 Å². The van der Waals surface area contributed by atoms with Crippen LogP contribution in [0.5, 0.6) is 0 Å². The number of anilines is 3. The fraction of sp³-hybridized carbons (Fsp3) is 0.320. The zero-order valence-electron chi connectivity index (χ0n) is 19.3. The maximum atomic E-state index is 10.4. The van der Waals surface area contributed by atoms with E-state index in [1.165, 1.54) is 0 Å². The molecule has 4 heterocycles. The fourth-order valence-corrected chi connectivity index (χ4v) is 4.45. The number of pyridine rings is 1. The van der Waals surface area contributed by atoms with Crippen LogP contribution in [0.1, 0.15) is 37.6 Å². The Kier molecular flexibility index (Phi) is 5.59. The molecule has 1 saturated heterocycles. The number of aliphatic hydroxyl groups is 1. The van der Waals surface area contributed by atoms with Crippen LogP contribution in [-0.4, -0.2) is 42.4 Å². The third-order valence-corrected chi connectivity index (χ3v) is 6.23. The minimum absolute atomic E-state index is 0.0412. The quantitative estimate of drug-likeness (QED) is 0.464. The molecule has 3 atom stereocenters. The number of aliphatic hydroxyl groups excluding tert-OH is 1. The molecule has 4 aromatic rings. The van der Waals surface area contributed by atoms with Crippen molar-refractivity contribution in [1.29, 1.82) is 5.26 Å². The zero-order chi connectivity index (χ0) is 23.8. The first-order valence-electron chi connectivity index (χ1n) is 11.3. The number of benzene rings is 1. The summed E-state index contributed by atoms with van der Waals surface area (Å²) < 4.78 is 1.93. The van der Waals surface area contributed by atoms with Crippen LogP contribution in [0, 0.1) is 24.2 Å². The van der Waals surface area contributed by atoms with Gasteiger partial charge < -0.3 is 15.3 Å². The van der Waals surface area contributed by atoms with Gasteiger partial charge in [0.1, 0.15) is 18.0 Å². The minimum Gasteiger partial charge on any atom is -0.389 e. The third kappa shape index (κ3) is 4.04. The maximum Gasteiger partial charge on any atom is 0.153 e. The monoisotopic (exact) mass is 454 g/mol. The van der Waals surface area contributed by atoms with Crippen LogP contribution in [0.2, 0.25) is 0 Å². The predicted molar refractivity (Wildman–Crippen MR) is 130 cm³/mol. The van der Waals surface area contributed by atoms with Gasteiger partial charge in [0.25, 0.3) is 0 Å². The Labute approximate surface area is 197 Å². The lowest BCUT2D eigenvalue weighted by atomic mass is 10.1. The molecule has 1 fully saturated rings. The third-order valence-electron chi connectivity index (χ3n) is 6.23. The Morgan fingerprint density at radius 2 is 2.03 bits per heavy atom. The van der Waals surface area contributed by atoms with E-state index in [0.29, 0.717) is 18.2 Å². The molecule has 0 spiro atoms. The number of fused-ring (bicyclic) bond motifs is 1. The first-order valence-corrected chi connectivity index (χ1v) is 11.3. The summed E-state index contributed by atoms with van der Waals surface area (Å²) in [6.07, 6.45) is 1.87. The van der Waals surface area contributed by atoms with Gasteiger partial charge in [0.2, 0.25) is 0 Å². The van der Waals surface area contributed by atoms with Crippen LogP contribution >= 0.6 is 0 Å². The molecule has 0 radical (unpaired) electrons. The second-order valence-corrected chi connectivity index (χ2v) is 8.82. The van der Waals surface area contributed by atoms with E-state index in [1.807, 2.05) is 54.0 Å². The molecule has 1 aliphatic rings. The van der Waals surface area contributed by atoms with Gasteiger partial charge in [-0.2, -0.15) is 10.4 Å². The summed E-state index contributed by atoms with van der Waals surface area (Å²) in [5, 5.41) is 31.3. The highest BCUT2D eigenvalue weighted by molar-refractivity contribution is 5.82. The van der Waals surface area contributed by atoms with Crippen molar-refractivity contribution in [2.45, 2.75) is 39.3 Å². The number of aromatic nitrogens is 5.